The first-order valence-electron chi connectivity index (χ1n) is 12.2. The summed E-state index contributed by atoms with van der Waals surface area (Å²) in [4.78, 5) is 15.3. The Balaban J connectivity index is 1.72. The van der Waals surface area contributed by atoms with E-state index < -0.39 is 0 Å². The van der Waals surface area contributed by atoms with Crippen LogP contribution in [-0.4, -0.2) is 49.9 Å². The first-order chi connectivity index (χ1) is 15.8. The average Bonchev–Trinajstić information content (AvgIpc) is 2.80. The van der Waals surface area contributed by atoms with Gasteiger partial charge in [0.05, 0.1) is 31.3 Å². The molecule has 2 aromatic carbocycles. The summed E-state index contributed by atoms with van der Waals surface area (Å²) in [6.45, 7) is 13.6. The van der Waals surface area contributed by atoms with E-state index in [2.05, 4.69) is 49.1 Å². The Morgan fingerprint density at radius 1 is 0.970 bits per heavy atom. The van der Waals surface area contributed by atoms with Gasteiger partial charge in [-0.15, -0.1) is 0 Å². The number of benzene rings is 2. The van der Waals surface area contributed by atoms with Gasteiger partial charge in [-0.3, -0.25) is 9.69 Å². The van der Waals surface area contributed by atoms with Crippen LogP contribution in [0, 0.1) is 5.92 Å². The summed E-state index contributed by atoms with van der Waals surface area (Å²) in [6.07, 6.45) is 1.11. The number of carbonyl (C=O) groups is 1. The van der Waals surface area contributed by atoms with Crippen LogP contribution in [0.3, 0.4) is 0 Å². The number of nitrogens with zero attached hydrogens (tertiary/aromatic N) is 1. The van der Waals surface area contributed by atoms with Gasteiger partial charge >= 0.3 is 5.97 Å². The Hall–Kier alpha value is -2.37. The molecule has 1 fully saturated rings. The summed E-state index contributed by atoms with van der Waals surface area (Å²) in [6, 6.07) is 16.3. The smallest absolute Gasteiger partial charge is 0.313 e. The van der Waals surface area contributed by atoms with Gasteiger partial charge in [0.2, 0.25) is 0 Å². The monoisotopic (exact) mass is 453 g/mol. The van der Waals surface area contributed by atoms with Crippen LogP contribution in [0.2, 0.25) is 0 Å². The van der Waals surface area contributed by atoms with Gasteiger partial charge in [0, 0.05) is 18.7 Å². The molecule has 1 aliphatic heterocycles. The van der Waals surface area contributed by atoms with Crippen LogP contribution in [0.1, 0.15) is 63.3 Å². The second-order valence-electron chi connectivity index (χ2n) is 9.56. The normalized spacial score (nSPS) is 16.6. The maximum atomic E-state index is 13.0. The molecule has 1 heterocycles. The Morgan fingerprint density at radius 3 is 2.27 bits per heavy atom. The van der Waals surface area contributed by atoms with Gasteiger partial charge in [-0.05, 0) is 50.3 Å². The number of ether oxygens (including phenoxy) is 3. The summed E-state index contributed by atoms with van der Waals surface area (Å²) in [5.74, 6) is 0.935. The minimum absolute atomic E-state index is 0.0673. The fourth-order valence-corrected chi connectivity index (χ4v) is 4.23. The lowest BCUT2D eigenvalue weighted by molar-refractivity contribution is -0.147. The predicted octanol–water partition coefficient (Wildman–Crippen LogP) is 5.39. The van der Waals surface area contributed by atoms with Crippen molar-refractivity contribution in [3.8, 4) is 5.75 Å². The fraction of sp³-hybridized carbons (Fsp3) is 0.536. The molecule has 180 valence electrons. The highest BCUT2D eigenvalue weighted by Gasteiger charge is 2.28. The maximum Gasteiger partial charge on any atom is 0.313 e. The molecule has 0 N–H and O–H groups in total. The van der Waals surface area contributed by atoms with Gasteiger partial charge in [-0.2, -0.15) is 0 Å². The molecular formula is C28H39NO4. The van der Waals surface area contributed by atoms with E-state index in [0.29, 0.717) is 19.1 Å². The number of para-hydroxylation sites is 1. The molecule has 0 saturated carbocycles. The highest BCUT2D eigenvalue weighted by atomic mass is 16.5. The van der Waals surface area contributed by atoms with E-state index in [9.17, 15) is 4.79 Å². The van der Waals surface area contributed by atoms with E-state index in [1.54, 1.807) is 0 Å². The number of esters is 1. The topological polar surface area (TPSA) is 48.0 Å². The Kier molecular flexibility index (Phi) is 9.33. The summed E-state index contributed by atoms with van der Waals surface area (Å²) in [7, 11) is 0. The van der Waals surface area contributed by atoms with Crippen molar-refractivity contribution in [2.75, 3.05) is 32.9 Å². The zero-order chi connectivity index (χ0) is 23.8. The average molecular weight is 454 g/mol. The molecule has 2 aromatic rings. The molecule has 1 saturated heterocycles. The molecule has 0 spiro atoms. The second kappa shape index (κ2) is 12.2. The molecule has 2 atom stereocenters. The number of rotatable bonds is 10. The van der Waals surface area contributed by atoms with Crippen molar-refractivity contribution in [3.05, 3.63) is 65.2 Å². The highest BCUT2D eigenvalue weighted by molar-refractivity contribution is 5.77. The Bertz CT molecular complexity index is 872. The lowest BCUT2D eigenvalue weighted by Gasteiger charge is -2.35. The molecule has 3 rings (SSSR count). The van der Waals surface area contributed by atoms with Gasteiger partial charge in [-0.1, -0.05) is 56.3 Å². The largest absolute Gasteiger partial charge is 0.491 e. The van der Waals surface area contributed by atoms with Gasteiger partial charge in [0.15, 0.2) is 0 Å². The maximum absolute atomic E-state index is 13.0. The zero-order valence-corrected chi connectivity index (χ0v) is 20.8. The van der Waals surface area contributed by atoms with Gasteiger partial charge in [0.25, 0.3) is 0 Å². The van der Waals surface area contributed by atoms with Crippen LogP contribution in [-0.2, 0) is 20.7 Å². The van der Waals surface area contributed by atoms with Crippen LogP contribution in [0.15, 0.2) is 48.5 Å². The van der Waals surface area contributed by atoms with Crippen molar-refractivity contribution in [2.45, 2.75) is 59.1 Å². The zero-order valence-electron chi connectivity index (χ0n) is 20.8. The van der Waals surface area contributed by atoms with Crippen LogP contribution < -0.4 is 4.74 Å². The third-order valence-corrected chi connectivity index (χ3v) is 5.99. The molecule has 5 nitrogen and oxygen atoms in total. The molecule has 0 bridgehead atoms. The van der Waals surface area contributed by atoms with E-state index in [1.807, 2.05) is 39.0 Å². The van der Waals surface area contributed by atoms with Crippen molar-refractivity contribution in [3.63, 3.8) is 0 Å². The van der Waals surface area contributed by atoms with Crippen LogP contribution >= 0.6 is 0 Å². The Labute approximate surface area is 199 Å². The predicted molar refractivity (Wildman–Crippen MR) is 132 cm³/mol. The lowest BCUT2D eigenvalue weighted by Crippen LogP contribution is -2.41. The minimum atomic E-state index is -0.314. The molecule has 2 unspecified atom stereocenters. The van der Waals surface area contributed by atoms with Crippen LogP contribution in [0.5, 0.6) is 5.75 Å². The molecule has 0 amide bonds. The van der Waals surface area contributed by atoms with E-state index in [4.69, 9.17) is 14.2 Å². The van der Waals surface area contributed by atoms with Crippen molar-refractivity contribution >= 4 is 5.97 Å². The standard InChI is InChI=1S/C28H39NO4/c1-20(2)18-23-10-12-24(13-11-23)22(5)28(30)32-19-26(29-14-16-31-17-15-29)25-8-6-7-9-27(25)33-21(3)4/h6-13,20-22,26H,14-19H2,1-5H3. The Morgan fingerprint density at radius 2 is 1.64 bits per heavy atom. The van der Waals surface area contributed by atoms with E-state index >= 15 is 0 Å². The fourth-order valence-electron chi connectivity index (χ4n) is 4.23. The van der Waals surface area contributed by atoms with E-state index in [-0.39, 0.29) is 30.6 Å². The van der Waals surface area contributed by atoms with E-state index in [0.717, 1.165) is 36.4 Å². The highest BCUT2D eigenvalue weighted by Crippen LogP contribution is 2.31. The molecule has 0 aliphatic carbocycles. The number of morpholine rings is 1. The molecule has 0 aromatic heterocycles. The molecule has 1 aliphatic rings. The molecule has 5 heteroatoms. The lowest BCUT2D eigenvalue weighted by atomic mass is 9.97. The summed E-state index contributed by atoms with van der Waals surface area (Å²) >= 11 is 0. The van der Waals surface area contributed by atoms with Gasteiger partial charge in [0.1, 0.15) is 12.4 Å². The first kappa shape index (κ1) is 25.3. The second-order valence-corrected chi connectivity index (χ2v) is 9.56. The summed E-state index contributed by atoms with van der Waals surface area (Å²) in [5, 5.41) is 0. The quantitative estimate of drug-likeness (QED) is 0.451. The van der Waals surface area contributed by atoms with Gasteiger partial charge < -0.3 is 14.2 Å². The first-order valence-corrected chi connectivity index (χ1v) is 12.2. The van der Waals surface area contributed by atoms with Gasteiger partial charge in [-0.25, -0.2) is 0 Å². The SMILES string of the molecule is CC(C)Cc1ccc(C(C)C(=O)OCC(c2ccccc2OC(C)C)N2CCOCC2)cc1. The summed E-state index contributed by atoms with van der Waals surface area (Å²) in [5.41, 5.74) is 3.33. The molecular weight excluding hydrogens is 414 g/mol. The van der Waals surface area contributed by atoms with Crippen molar-refractivity contribution in [1.82, 2.24) is 4.90 Å². The van der Waals surface area contributed by atoms with E-state index in [1.165, 1.54) is 5.56 Å². The molecule has 33 heavy (non-hydrogen) atoms. The third kappa shape index (κ3) is 7.31. The summed E-state index contributed by atoms with van der Waals surface area (Å²) < 4.78 is 17.5. The van der Waals surface area contributed by atoms with Crippen LogP contribution in [0.25, 0.3) is 0 Å². The van der Waals surface area contributed by atoms with Crippen molar-refractivity contribution in [2.24, 2.45) is 5.92 Å². The number of hydrogen-bond acceptors (Lipinski definition) is 5. The molecule has 0 radical (unpaired) electrons. The van der Waals surface area contributed by atoms with Crippen molar-refractivity contribution < 1.29 is 19.0 Å². The van der Waals surface area contributed by atoms with Crippen LogP contribution in [0.4, 0.5) is 0 Å². The number of hydrogen-bond donors (Lipinski definition) is 0. The van der Waals surface area contributed by atoms with Crippen molar-refractivity contribution in [1.29, 1.82) is 0 Å². The minimum Gasteiger partial charge on any atom is -0.491 e. The third-order valence-electron chi connectivity index (χ3n) is 5.99. The number of carbonyl (C=O) groups excluding carboxylic acids is 1.